The molecule has 0 N–H and O–H groups in total. The minimum Gasteiger partial charge on any atom is -0.489 e. The van der Waals surface area contributed by atoms with Crippen molar-refractivity contribution in [2.24, 2.45) is 15.0 Å². The standard InChI is InChI=1S/C20H15N5O/c1-2-5-18-15(4-1)13-22-10-9-21-8-3-11-26-16-6-7-19-17(12-16)20(25-18)24-14-23-19/h1-10,12-14H,11H2/b8-3?,15-13-,21-9?,22-10?,25-18?. The van der Waals surface area contributed by atoms with E-state index in [1.807, 2.05) is 48.5 Å². The van der Waals surface area contributed by atoms with Crippen LogP contribution in [0, 0.1) is 0 Å². The average molecular weight is 341 g/mol. The molecule has 2 heterocycles. The molecule has 0 aliphatic carbocycles. The molecule has 0 atom stereocenters. The predicted molar refractivity (Wildman–Crippen MR) is 103 cm³/mol. The van der Waals surface area contributed by atoms with Gasteiger partial charge in [-0.25, -0.2) is 15.0 Å². The average Bonchev–Trinajstić information content (AvgIpc) is 2.67. The summed E-state index contributed by atoms with van der Waals surface area (Å²) in [5.74, 6) is 1.32. The van der Waals surface area contributed by atoms with Gasteiger partial charge >= 0.3 is 0 Å². The molecular weight excluding hydrogens is 326 g/mol. The van der Waals surface area contributed by atoms with Gasteiger partial charge in [0.15, 0.2) is 5.82 Å². The van der Waals surface area contributed by atoms with Gasteiger partial charge in [0.25, 0.3) is 0 Å². The van der Waals surface area contributed by atoms with Gasteiger partial charge in [-0.05, 0) is 30.3 Å². The smallest absolute Gasteiger partial charge is 0.163 e. The number of nitrogens with zero attached hydrogens (tertiary/aromatic N) is 5. The molecule has 126 valence electrons. The molecule has 0 unspecified atom stereocenters. The first kappa shape index (κ1) is 15.8. The van der Waals surface area contributed by atoms with Gasteiger partial charge < -0.3 is 4.74 Å². The molecule has 26 heavy (non-hydrogen) atoms. The third-order valence-electron chi connectivity index (χ3n) is 3.74. The molecule has 1 aliphatic rings. The van der Waals surface area contributed by atoms with E-state index in [-0.39, 0.29) is 0 Å². The van der Waals surface area contributed by atoms with Gasteiger partial charge in [-0.2, -0.15) is 0 Å². The molecule has 2 aromatic carbocycles. The summed E-state index contributed by atoms with van der Waals surface area (Å²) in [6, 6.07) is 13.4. The molecule has 0 fully saturated rings. The van der Waals surface area contributed by atoms with Gasteiger partial charge in [0.05, 0.1) is 10.9 Å². The van der Waals surface area contributed by atoms with Crippen molar-refractivity contribution in [3.8, 4) is 5.75 Å². The lowest BCUT2D eigenvalue weighted by Gasteiger charge is -2.05. The summed E-state index contributed by atoms with van der Waals surface area (Å²) in [6.07, 6.45) is 10.0. The van der Waals surface area contributed by atoms with E-state index >= 15 is 0 Å². The zero-order valence-electron chi connectivity index (χ0n) is 13.9. The van der Waals surface area contributed by atoms with Crippen molar-refractivity contribution in [3.63, 3.8) is 0 Å². The van der Waals surface area contributed by atoms with Crippen molar-refractivity contribution in [3.05, 3.63) is 71.6 Å². The van der Waals surface area contributed by atoms with Crippen molar-refractivity contribution in [2.75, 3.05) is 6.61 Å². The molecule has 0 radical (unpaired) electrons. The maximum absolute atomic E-state index is 5.74. The second kappa shape index (κ2) is 7.48. The van der Waals surface area contributed by atoms with Crippen LogP contribution < -0.4 is 15.3 Å². The number of hydrogen-bond acceptors (Lipinski definition) is 6. The number of ether oxygens (including phenoxy) is 1. The van der Waals surface area contributed by atoms with Crippen molar-refractivity contribution in [1.29, 1.82) is 0 Å². The van der Waals surface area contributed by atoms with Crippen LogP contribution in [0.1, 0.15) is 0 Å². The third kappa shape index (κ3) is 3.54. The van der Waals surface area contributed by atoms with Crippen molar-refractivity contribution in [1.82, 2.24) is 9.97 Å². The summed E-state index contributed by atoms with van der Waals surface area (Å²) in [7, 11) is 0. The molecule has 0 saturated heterocycles. The Bertz CT molecular complexity index is 1150. The molecular formula is C20H15N5O. The Morgan fingerprint density at radius 3 is 2.85 bits per heavy atom. The van der Waals surface area contributed by atoms with Crippen LogP contribution in [0.3, 0.4) is 0 Å². The second-order valence-corrected chi connectivity index (χ2v) is 5.47. The van der Waals surface area contributed by atoms with Crippen LogP contribution >= 0.6 is 0 Å². The van der Waals surface area contributed by atoms with Crippen LogP contribution in [0.4, 0.5) is 5.82 Å². The van der Waals surface area contributed by atoms with Crippen molar-refractivity contribution >= 4 is 35.3 Å². The van der Waals surface area contributed by atoms with E-state index in [4.69, 9.17) is 9.73 Å². The van der Waals surface area contributed by atoms with E-state index < -0.39 is 0 Å². The molecule has 1 aromatic heterocycles. The molecule has 0 spiro atoms. The quantitative estimate of drug-likeness (QED) is 0.630. The van der Waals surface area contributed by atoms with Crippen LogP contribution in [-0.2, 0) is 0 Å². The lowest BCUT2D eigenvalue weighted by atomic mass is 10.2. The Hall–Kier alpha value is -3.67. The molecule has 2 bridgehead atoms. The fourth-order valence-corrected chi connectivity index (χ4v) is 2.51. The Morgan fingerprint density at radius 2 is 1.85 bits per heavy atom. The van der Waals surface area contributed by atoms with Crippen LogP contribution in [0.25, 0.3) is 17.1 Å². The first-order valence-electron chi connectivity index (χ1n) is 8.12. The summed E-state index contributed by atoms with van der Waals surface area (Å²) in [5, 5.41) is 2.50. The lowest BCUT2D eigenvalue weighted by molar-refractivity contribution is 0.363. The van der Waals surface area contributed by atoms with E-state index in [1.54, 1.807) is 24.8 Å². The summed E-state index contributed by atoms with van der Waals surface area (Å²) < 4.78 is 5.74. The zero-order valence-corrected chi connectivity index (χ0v) is 13.9. The zero-order chi connectivity index (χ0) is 17.6. The molecule has 6 nitrogen and oxygen atoms in total. The number of hydrogen-bond donors (Lipinski definition) is 0. The van der Waals surface area contributed by atoms with Gasteiger partial charge in [0, 0.05) is 35.4 Å². The first-order chi connectivity index (χ1) is 12.9. The van der Waals surface area contributed by atoms with Crippen LogP contribution in [0.2, 0.25) is 0 Å². The number of benzene rings is 2. The Morgan fingerprint density at radius 1 is 0.923 bits per heavy atom. The molecule has 0 saturated carbocycles. The minimum absolute atomic E-state index is 0.412. The summed E-state index contributed by atoms with van der Waals surface area (Å²) in [6.45, 7) is 0.412. The molecule has 1 aliphatic heterocycles. The maximum Gasteiger partial charge on any atom is 0.163 e. The normalized spacial score (nSPS) is 15.0. The van der Waals surface area contributed by atoms with E-state index in [9.17, 15) is 0 Å². The van der Waals surface area contributed by atoms with Gasteiger partial charge in [-0.1, -0.05) is 18.2 Å². The van der Waals surface area contributed by atoms with E-state index in [1.165, 1.54) is 6.33 Å². The second-order valence-electron chi connectivity index (χ2n) is 5.47. The molecule has 4 rings (SSSR count). The molecule has 6 heteroatoms. The third-order valence-corrected chi connectivity index (χ3v) is 3.74. The largest absolute Gasteiger partial charge is 0.489 e. The first-order valence-corrected chi connectivity index (χ1v) is 8.12. The highest BCUT2D eigenvalue weighted by Crippen LogP contribution is 2.25. The van der Waals surface area contributed by atoms with Gasteiger partial charge in [0.2, 0.25) is 0 Å². The number of aliphatic imine (C=N–C) groups is 2. The number of rotatable bonds is 0. The van der Waals surface area contributed by atoms with Gasteiger partial charge in [-0.15, -0.1) is 0 Å². The Balaban J connectivity index is 1.97. The maximum atomic E-state index is 5.74. The van der Waals surface area contributed by atoms with Gasteiger partial charge in [0.1, 0.15) is 18.7 Å². The topological polar surface area (TPSA) is 72.1 Å². The number of fused-ring (bicyclic) bond motifs is 2. The summed E-state index contributed by atoms with van der Waals surface area (Å²) >= 11 is 0. The molecule has 0 amide bonds. The summed E-state index contributed by atoms with van der Waals surface area (Å²) in [5.41, 5.74) is 0.812. The van der Waals surface area contributed by atoms with Gasteiger partial charge in [-0.3, -0.25) is 9.98 Å². The SMILES string of the molecule is C1=CN=CC=N/C=c2/ccccc2=Nc2ncnc3ccc(cc23)OC1. The fourth-order valence-electron chi connectivity index (χ4n) is 2.51. The Kier molecular flexibility index (Phi) is 4.56. The number of para-hydroxylation sites is 1. The number of aromatic nitrogens is 2. The summed E-state index contributed by atoms with van der Waals surface area (Å²) in [4.78, 5) is 21.8. The van der Waals surface area contributed by atoms with Crippen LogP contribution in [0.5, 0.6) is 5.75 Å². The highest BCUT2D eigenvalue weighted by Gasteiger charge is 2.04. The lowest BCUT2D eigenvalue weighted by Crippen LogP contribution is -2.23. The van der Waals surface area contributed by atoms with E-state index in [2.05, 4.69) is 20.0 Å². The van der Waals surface area contributed by atoms with Crippen LogP contribution in [-0.4, -0.2) is 29.0 Å². The minimum atomic E-state index is 0.412. The monoisotopic (exact) mass is 341 g/mol. The van der Waals surface area contributed by atoms with E-state index in [0.29, 0.717) is 12.4 Å². The van der Waals surface area contributed by atoms with Crippen LogP contribution in [0.15, 0.2) is 76.0 Å². The Labute approximate surface area is 149 Å². The van der Waals surface area contributed by atoms with Crippen molar-refractivity contribution in [2.45, 2.75) is 0 Å². The molecule has 3 aromatic rings. The van der Waals surface area contributed by atoms with E-state index in [0.717, 1.165) is 27.2 Å². The highest BCUT2D eigenvalue weighted by molar-refractivity contribution is 6.16. The predicted octanol–water partition coefficient (Wildman–Crippen LogP) is 2.37. The highest BCUT2D eigenvalue weighted by atomic mass is 16.5. The van der Waals surface area contributed by atoms with Crippen molar-refractivity contribution < 1.29 is 4.74 Å². The fraction of sp³-hybridized carbons (Fsp3) is 0.0500.